The molecule has 0 unspecified atom stereocenters. The van der Waals surface area contributed by atoms with E-state index in [4.69, 9.17) is 5.41 Å². The molecule has 0 radical (unpaired) electrons. The van der Waals surface area contributed by atoms with E-state index in [0.29, 0.717) is 17.5 Å². The molecule has 0 fully saturated rings. The molecule has 1 N–H and O–H groups in total. The number of ketones is 1. The maximum absolute atomic E-state index is 11.2. The monoisotopic (exact) mass is 189 g/mol. The van der Waals surface area contributed by atoms with Gasteiger partial charge in [0.1, 0.15) is 12.0 Å². The second kappa shape index (κ2) is 4.46. The zero-order valence-electron chi connectivity index (χ0n) is 7.91. The Balaban J connectivity index is 2.92. The summed E-state index contributed by atoms with van der Waals surface area (Å²) in [6.07, 6.45) is 1.06. The first-order valence-corrected chi connectivity index (χ1v) is 4.36. The van der Waals surface area contributed by atoms with Gasteiger partial charge in [-0.3, -0.25) is 15.0 Å². The van der Waals surface area contributed by atoms with Crippen LogP contribution in [-0.4, -0.2) is 17.8 Å². The Morgan fingerprint density at radius 2 is 1.93 bits per heavy atom. The van der Waals surface area contributed by atoms with Crippen molar-refractivity contribution in [3.63, 3.8) is 0 Å². The van der Waals surface area contributed by atoms with Gasteiger partial charge in [0.05, 0.1) is 0 Å². The Labute approximate surface area is 82.3 Å². The number of rotatable bonds is 4. The highest BCUT2D eigenvalue weighted by molar-refractivity contribution is 6.44. The van der Waals surface area contributed by atoms with Crippen LogP contribution in [0.4, 0.5) is 0 Å². The smallest absolute Gasteiger partial charge is 0.180 e. The third-order valence-electron chi connectivity index (χ3n) is 1.94. The van der Waals surface area contributed by atoms with E-state index in [9.17, 15) is 9.59 Å². The molecule has 1 aromatic carbocycles. The second-order valence-corrected chi connectivity index (χ2v) is 2.89. The van der Waals surface area contributed by atoms with E-state index in [2.05, 4.69) is 0 Å². The van der Waals surface area contributed by atoms with E-state index in [1.165, 1.54) is 0 Å². The molecule has 0 saturated carbocycles. The largest absolute Gasteiger partial charge is 0.298 e. The van der Waals surface area contributed by atoms with Gasteiger partial charge in [0.2, 0.25) is 0 Å². The van der Waals surface area contributed by atoms with Crippen LogP contribution in [0.3, 0.4) is 0 Å². The fraction of sp³-hybridized carbons (Fsp3) is 0.182. The van der Waals surface area contributed by atoms with Gasteiger partial charge in [0.15, 0.2) is 5.78 Å². The average molecular weight is 189 g/mol. The van der Waals surface area contributed by atoms with Gasteiger partial charge in [0.25, 0.3) is 0 Å². The first kappa shape index (κ1) is 10.3. The van der Waals surface area contributed by atoms with Crippen LogP contribution in [0.1, 0.15) is 29.3 Å². The Bertz CT molecular complexity index is 365. The van der Waals surface area contributed by atoms with Crippen molar-refractivity contribution < 1.29 is 9.59 Å². The summed E-state index contributed by atoms with van der Waals surface area (Å²) in [5.41, 5.74) is 1.11. The molecule has 1 rings (SSSR count). The van der Waals surface area contributed by atoms with Crippen molar-refractivity contribution in [1.82, 2.24) is 0 Å². The maximum Gasteiger partial charge on any atom is 0.180 e. The van der Waals surface area contributed by atoms with Gasteiger partial charge < -0.3 is 0 Å². The summed E-state index contributed by atoms with van der Waals surface area (Å²) in [5, 5.41) is 7.53. The Hall–Kier alpha value is -1.77. The Kier molecular flexibility index (Phi) is 3.29. The van der Waals surface area contributed by atoms with Gasteiger partial charge in [0, 0.05) is 17.5 Å². The quantitative estimate of drug-likeness (QED) is 0.580. The predicted molar refractivity (Wildman–Crippen MR) is 54.0 cm³/mol. The average Bonchev–Trinajstić information content (AvgIpc) is 2.27. The molecule has 3 nitrogen and oxygen atoms in total. The fourth-order valence-corrected chi connectivity index (χ4v) is 1.07. The number of hydrogen-bond donors (Lipinski definition) is 1. The van der Waals surface area contributed by atoms with Gasteiger partial charge >= 0.3 is 0 Å². The van der Waals surface area contributed by atoms with Crippen molar-refractivity contribution in [3.05, 3.63) is 35.4 Å². The molecule has 0 heterocycles. The summed E-state index contributed by atoms with van der Waals surface area (Å²) in [6.45, 7) is 1.72. The Morgan fingerprint density at radius 3 is 2.36 bits per heavy atom. The molecule has 0 aliphatic heterocycles. The number of aldehydes is 1. The third-order valence-corrected chi connectivity index (χ3v) is 1.94. The lowest BCUT2D eigenvalue weighted by molar-refractivity contribution is -0.112. The second-order valence-electron chi connectivity index (χ2n) is 2.89. The highest BCUT2D eigenvalue weighted by atomic mass is 16.1. The molecule has 3 heteroatoms. The summed E-state index contributed by atoms with van der Waals surface area (Å²) in [7, 11) is 0. The van der Waals surface area contributed by atoms with Crippen molar-refractivity contribution >= 4 is 17.8 Å². The van der Waals surface area contributed by atoms with Gasteiger partial charge in [-0.15, -0.1) is 0 Å². The van der Waals surface area contributed by atoms with Crippen molar-refractivity contribution in [2.45, 2.75) is 13.3 Å². The third kappa shape index (κ3) is 2.13. The highest BCUT2D eigenvalue weighted by Crippen LogP contribution is 2.04. The summed E-state index contributed by atoms with van der Waals surface area (Å²) >= 11 is 0. The molecule has 0 bridgehead atoms. The van der Waals surface area contributed by atoms with E-state index < -0.39 is 0 Å². The zero-order valence-corrected chi connectivity index (χ0v) is 7.91. The summed E-state index contributed by atoms with van der Waals surface area (Å²) in [4.78, 5) is 21.5. The minimum absolute atomic E-state index is 0.00458. The van der Waals surface area contributed by atoms with Crippen molar-refractivity contribution in [1.29, 1.82) is 5.41 Å². The number of carbonyl (C=O) groups excluding carboxylic acids is 2. The predicted octanol–water partition coefficient (Wildman–Crippen LogP) is 1.85. The highest BCUT2D eigenvalue weighted by Gasteiger charge is 2.08. The lowest BCUT2D eigenvalue weighted by Crippen LogP contribution is -2.12. The first-order chi connectivity index (χ1) is 6.69. The van der Waals surface area contributed by atoms with Crippen molar-refractivity contribution in [2.24, 2.45) is 0 Å². The summed E-state index contributed by atoms with van der Waals surface area (Å²) in [6, 6.07) is 6.42. The van der Waals surface area contributed by atoms with Crippen LogP contribution in [0.15, 0.2) is 24.3 Å². The standard InChI is InChI=1S/C11H11NO2/c1-2-10(14)11(12)9-5-3-8(7-13)4-6-9/h3-7,12H,2H2,1H3. The lowest BCUT2D eigenvalue weighted by atomic mass is 10.0. The molecule has 0 atom stereocenters. The molecular formula is C11H11NO2. The molecule has 72 valence electrons. The van der Waals surface area contributed by atoms with E-state index >= 15 is 0 Å². The number of nitrogens with one attached hydrogen (secondary N) is 1. The number of Topliss-reactive ketones (excluding diaryl/α,β-unsaturated/α-hetero) is 1. The number of hydrogen-bond acceptors (Lipinski definition) is 3. The molecule has 0 amide bonds. The van der Waals surface area contributed by atoms with Crippen molar-refractivity contribution in [2.75, 3.05) is 0 Å². The molecule has 1 aromatic rings. The van der Waals surface area contributed by atoms with Gasteiger partial charge in [-0.05, 0) is 0 Å². The molecule has 0 aliphatic carbocycles. The fourth-order valence-electron chi connectivity index (χ4n) is 1.07. The van der Waals surface area contributed by atoms with E-state index in [1.54, 1.807) is 31.2 Å². The van der Waals surface area contributed by atoms with Gasteiger partial charge in [-0.25, -0.2) is 0 Å². The summed E-state index contributed by atoms with van der Waals surface area (Å²) < 4.78 is 0. The lowest BCUT2D eigenvalue weighted by Gasteiger charge is -2.00. The minimum Gasteiger partial charge on any atom is -0.298 e. The topological polar surface area (TPSA) is 58.0 Å². The molecule has 0 aromatic heterocycles. The maximum atomic E-state index is 11.2. The SMILES string of the molecule is CCC(=O)C(=N)c1ccc(C=O)cc1. The van der Waals surface area contributed by atoms with Gasteiger partial charge in [-0.2, -0.15) is 0 Å². The number of benzene rings is 1. The van der Waals surface area contributed by atoms with Crippen molar-refractivity contribution in [3.8, 4) is 0 Å². The number of carbonyl (C=O) groups is 2. The van der Waals surface area contributed by atoms with Crippen LogP contribution in [0, 0.1) is 5.41 Å². The molecular weight excluding hydrogens is 178 g/mol. The zero-order chi connectivity index (χ0) is 10.6. The Morgan fingerprint density at radius 1 is 1.36 bits per heavy atom. The van der Waals surface area contributed by atoms with Crippen LogP contribution in [0.25, 0.3) is 0 Å². The molecule has 0 saturated heterocycles. The van der Waals surface area contributed by atoms with E-state index in [0.717, 1.165) is 6.29 Å². The van der Waals surface area contributed by atoms with E-state index in [1.807, 2.05) is 0 Å². The van der Waals surface area contributed by atoms with Crippen LogP contribution in [-0.2, 0) is 4.79 Å². The van der Waals surface area contributed by atoms with Crippen LogP contribution >= 0.6 is 0 Å². The van der Waals surface area contributed by atoms with Crippen LogP contribution < -0.4 is 0 Å². The minimum atomic E-state index is -0.191. The molecule has 0 spiro atoms. The molecule has 14 heavy (non-hydrogen) atoms. The normalized spacial score (nSPS) is 9.50. The molecule has 0 aliphatic rings. The van der Waals surface area contributed by atoms with E-state index in [-0.39, 0.29) is 11.5 Å². The van der Waals surface area contributed by atoms with Crippen LogP contribution in [0.2, 0.25) is 0 Å². The van der Waals surface area contributed by atoms with Crippen LogP contribution in [0.5, 0.6) is 0 Å². The summed E-state index contributed by atoms with van der Waals surface area (Å²) in [5.74, 6) is -0.191. The first-order valence-electron chi connectivity index (χ1n) is 4.36. The van der Waals surface area contributed by atoms with Gasteiger partial charge in [-0.1, -0.05) is 31.2 Å².